The molecule has 0 spiro atoms. The summed E-state index contributed by atoms with van der Waals surface area (Å²) in [7, 11) is -0.213. The zero-order valence-electron chi connectivity index (χ0n) is 13.5. The van der Waals surface area contributed by atoms with Crippen molar-refractivity contribution in [3.05, 3.63) is 12.1 Å². The zero-order chi connectivity index (χ0) is 18.0. The van der Waals surface area contributed by atoms with Gasteiger partial charge in [-0.25, -0.2) is 8.42 Å². The van der Waals surface area contributed by atoms with Gasteiger partial charge in [-0.05, 0) is 12.1 Å². The third-order valence-corrected chi connectivity index (χ3v) is 5.57. The maximum atomic E-state index is 12.2. The van der Waals surface area contributed by atoms with Crippen LogP contribution in [0.25, 0.3) is 0 Å². The van der Waals surface area contributed by atoms with Crippen LogP contribution < -0.4 is 9.80 Å². The van der Waals surface area contributed by atoms with Crippen molar-refractivity contribution in [2.24, 2.45) is 0 Å². The van der Waals surface area contributed by atoms with Crippen molar-refractivity contribution in [2.45, 2.75) is 12.6 Å². The van der Waals surface area contributed by atoms with Gasteiger partial charge in [0.25, 0.3) is 0 Å². The second-order valence-corrected chi connectivity index (χ2v) is 7.80. The van der Waals surface area contributed by atoms with Crippen LogP contribution in [0.5, 0.6) is 0 Å². The van der Waals surface area contributed by atoms with Crippen LogP contribution >= 0.6 is 0 Å². The zero-order valence-corrected chi connectivity index (χ0v) is 14.3. The Morgan fingerprint density at radius 1 is 1.12 bits per heavy atom. The molecule has 0 saturated carbocycles. The van der Waals surface area contributed by atoms with Gasteiger partial charge in [-0.15, -0.1) is 10.2 Å². The van der Waals surface area contributed by atoms with E-state index in [0.717, 1.165) is 4.31 Å². The number of sulfonamides is 1. The minimum Gasteiger partial charge on any atom is -0.361 e. The van der Waals surface area contributed by atoms with E-state index in [1.165, 1.54) is 0 Å². The van der Waals surface area contributed by atoms with Crippen LogP contribution in [0.4, 0.5) is 24.8 Å². The molecule has 2 rings (SSSR count). The van der Waals surface area contributed by atoms with Gasteiger partial charge in [0.1, 0.15) is 0 Å². The lowest BCUT2D eigenvalue weighted by Crippen LogP contribution is -2.49. The van der Waals surface area contributed by atoms with Crippen molar-refractivity contribution < 1.29 is 21.6 Å². The number of alkyl halides is 3. The number of nitrogens with zero attached hydrogens (tertiary/aromatic N) is 5. The second kappa shape index (κ2) is 7.09. The smallest absolute Gasteiger partial charge is 0.361 e. The maximum absolute atomic E-state index is 12.2. The van der Waals surface area contributed by atoms with Gasteiger partial charge in [0, 0.05) is 40.3 Å². The van der Waals surface area contributed by atoms with E-state index in [-0.39, 0.29) is 13.1 Å². The molecule has 0 aliphatic carbocycles. The van der Waals surface area contributed by atoms with Crippen LogP contribution in [-0.2, 0) is 10.0 Å². The van der Waals surface area contributed by atoms with E-state index in [1.54, 1.807) is 12.1 Å². The van der Waals surface area contributed by atoms with Gasteiger partial charge >= 0.3 is 6.18 Å². The van der Waals surface area contributed by atoms with E-state index >= 15 is 0 Å². The van der Waals surface area contributed by atoms with E-state index in [1.807, 2.05) is 23.9 Å². The van der Waals surface area contributed by atoms with Gasteiger partial charge < -0.3 is 9.80 Å². The molecule has 0 radical (unpaired) electrons. The molecule has 1 aromatic heterocycles. The fourth-order valence-electron chi connectivity index (χ4n) is 2.29. The van der Waals surface area contributed by atoms with E-state index in [2.05, 4.69) is 10.2 Å². The first-order valence-electron chi connectivity index (χ1n) is 7.39. The first-order chi connectivity index (χ1) is 11.1. The largest absolute Gasteiger partial charge is 0.390 e. The molecule has 0 unspecified atom stereocenters. The van der Waals surface area contributed by atoms with Crippen LogP contribution in [0.15, 0.2) is 12.1 Å². The van der Waals surface area contributed by atoms with Gasteiger partial charge in [-0.3, -0.25) is 0 Å². The number of piperazine rings is 1. The van der Waals surface area contributed by atoms with Crippen molar-refractivity contribution in [2.75, 3.05) is 55.8 Å². The van der Waals surface area contributed by atoms with Crippen LogP contribution in [0.1, 0.15) is 6.42 Å². The molecule has 1 aromatic rings. The Balaban J connectivity index is 1.93. The van der Waals surface area contributed by atoms with E-state index in [4.69, 9.17) is 0 Å². The summed E-state index contributed by atoms with van der Waals surface area (Å²) in [6.45, 7) is 0.997. The Kier molecular flexibility index (Phi) is 5.53. The first-order valence-corrected chi connectivity index (χ1v) is 9.00. The molecular weight excluding hydrogens is 347 g/mol. The average molecular weight is 367 g/mol. The summed E-state index contributed by atoms with van der Waals surface area (Å²) in [4.78, 5) is 3.67. The van der Waals surface area contributed by atoms with Crippen LogP contribution in [0.3, 0.4) is 0 Å². The Labute approximate surface area is 139 Å². The lowest BCUT2D eigenvalue weighted by molar-refractivity contribution is -0.130. The molecule has 1 aliphatic heterocycles. The van der Waals surface area contributed by atoms with Gasteiger partial charge in [-0.1, -0.05) is 0 Å². The highest BCUT2D eigenvalue weighted by molar-refractivity contribution is 7.89. The Morgan fingerprint density at radius 2 is 1.75 bits per heavy atom. The first kappa shape index (κ1) is 18.7. The summed E-state index contributed by atoms with van der Waals surface area (Å²) in [5.41, 5.74) is 0. The Bertz CT molecular complexity index is 641. The molecule has 0 aromatic carbocycles. The number of rotatable bonds is 5. The average Bonchev–Trinajstić information content (AvgIpc) is 2.53. The number of aromatic nitrogens is 2. The van der Waals surface area contributed by atoms with Crippen LogP contribution in [-0.4, -0.2) is 75.1 Å². The Hall–Kier alpha value is -1.62. The molecule has 0 amide bonds. The summed E-state index contributed by atoms with van der Waals surface area (Å²) in [6, 6.07) is 3.59. The number of hydrogen-bond donors (Lipinski definition) is 0. The molecule has 2 heterocycles. The van der Waals surface area contributed by atoms with Gasteiger partial charge in [0.05, 0.1) is 12.2 Å². The molecule has 7 nitrogen and oxygen atoms in total. The molecule has 24 heavy (non-hydrogen) atoms. The second-order valence-electron chi connectivity index (χ2n) is 5.71. The molecular formula is C13H20F3N5O2S. The fourth-order valence-corrected chi connectivity index (χ4v) is 3.76. The van der Waals surface area contributed by atoms with Crippen LogP contribution in [0, 0.1) is 0 Å². The highest BCUT2D eigenvalue weighted by Gasteiger charge is 2.33. The van der Waals surface area contributed by atoms with E-state index in [0.29, 0.717) is 24.7 Å². The quantitative estimate of drug-likeness (QED) is 0.772. The van der Waals surface area contributed by atoms with Gasteiger partial charge in [0.2, 0.25) is 10.0 Å². The summed E-state index contributed by atoms with van der Waals surface area (Å²) in [5.74, 6) is 0.411. The maximum Gasteiger partial charge on any atom is 0.390 e. The van der Waals surface area contributed by atoms with Crippen molar-refractivity contribution in [3.63, 3.8) is 0 Å². The number of hydrogen-bond acceptors (Lipinski definition) is 6. The van der Waals surface area contributed by atoms with E-state index in [9.17, 15) is 21.6 Å². The van der Waals surface area contributed by atoms with E-state index < -0.39 is 28.4 Å². The minimum absolute atomic E-state index is 0.136. The van der Waals surface area contributed by atoms with Crippen molar-refractivity contribution in [1.29, 1.82) is 0 Å². The monoisotopic (exact) mass is 367 g/mol. The summed E-state index contributed by atoms with van der Waals surface area (Å²) >= 11 is 0. The highest BCUT2D eigenvalue weighted by Crippen LogP contribution is 2.22. The number of halogens is 3. The molecule has 0 bridgehead atoms. The Morgan fingerprint density at radius 3 is 2.21 bits per heavy atom. The molecule has 0 N–H and O–H groups in total. The molecule has 0 atom stereocenters. The van der Waals surface area contributed by atoms with Gasteiger partial charge in [0.15, 0.2) is 11.6 Å². The fraction of sp³-hybridized carbons (Fsp3) is 0.692. The third kappa shape index (κ3) is 4.94. The molecule has 1 saturated heterocycles. The minimum atomic E-state index is -4.47. The third-order valence-electron chi connectivity index (χ3n) is 3.69. The van der Waals surface area contributed by atoms with Crippen molar-refractivity contribution in [3.8, 4) is 0 Å². The van der Waals surface area contributed by atoms with Gasteiger partial charge in [-0.2, -0.15) is 17.5 Å². The summed E-state index contributed by atoms with van der Waals surface area (Å²) < 4.78 is 61.7. The molecule has 11 heteroatoms. The highest BCUT2D eigenvalue weighted by atomic mass is 32.2. The predicted octanol–water partition coefficient (Wildman–Crippen LogP) is 0.947. The molecule has 136 valence electrons. The SMILES string of the molecule is CN(C)c1ccc(N2CCN(S(=O)(=O)CCC(F)(F)F)CC2)nn1. The summed E-state index contributed by atoms with van der Waals surface area (Å²) in [5, 5.41) is 8.15. The molecule has 1 fully saturated rings. The molecule has 1 aliphatic rings. The van der Waals surface area contributed by atoms with Crippen molar-refractivity contribution >= 4 is 21.7 Å². The topological polar surface area (TPSA) is 69.6 Å². The van der Waals surface area contributed by atoms with Crippen molar-refractivity contribution in [1.82, 2.24) is 14.5 Å². The standard InChI is InChI=1S/C13H20F3N5O2S/c1-19(2)11-3-4-12(18-17-11)20-6-8-21(9-7-20)24(22,23)10-5-13(14,15)16/h3-4H,5-10H2,1-2H3. The summed E-state index contributed by atoms with van der Waals surface area (Å²) in [6.07, 6.45) is -5.80. The lowest BCUT2D eigenvalue weighted by atomic mass is 10.3. The lowest BCUT2D eigenvalue weighted by Gasteiger charge is -2.34. The predicted molar refractivity (Wildman–Crippen MR) is 84.6 cm³/mol. The normalized spacial score (nSPS) is 17.1. The van der Waals surface area contributed by atoms with Crippen LogP contribution in [0.2, 0.25) is 0 Å². The number of anilines is 2.